The first kappa shape index (κ1) is 31.5. The molecule has 2 amide bonds. The molecule has 6 nitrogen and oxygen atoms in total. The zero-order valence-electron chi connectivity index (χ0n) is 23.9. The maximum absolute atomic E-state index is 14.4. The molecule has 8 heteroatoms. The van der Waals surface area contributed by atoms with Gasteiger partial charge in [-0.15, -0.1) is 0 Å². The summed E-state index contributed by atoms with van der Waals surface area (Å²) in [6, 6.07) is 7.35. The summed E-state index contributed by atoms with van der Waals surface area (Å²) in [5, 5.41) is 0. The van der Waals surface area contributed by atoms with Crippen LogP contribution in [0.15, 0.2) is 53.6 Å². The van der Waals surface area contributed by atoms with Crippen molar-refractivity contribution in [1.82, 2.24) is 9.80 Å². The highest BCUT2D eigenvalue weighted by Gasteiger charge is 2.40. The van der Waals surface area contributed by atoms with Gasteiger partial charge in [0.2, 0.25) is 6.41 Å². The second-order valence-corrected chi connectivity index (χ2v) is 12.0. The van der Waals surface area contributed by atoms with E-state index in [1.54, 1.807) is 11.0 Å². The van der Waals surface area contributed by atoms with Crippen molar-refractivity contribution in [2.75, 3.05) is 13.1 Å². The first-order chi connectivity index (χ1) is 18.8. The Hall–Kier alpha value is -2.06. The molecule has 0 saturated heterocycles. The molecule has 0 aromatic carbocycles. The average Bonchev–Trinajstić information content (AvgIpc) is 3.61. The zero-order chi connectivity index (χ0) is 28.5. The minimum atomic E-state index is -0.124. The van der Waals surface area contributed by atoms with Crippen molar-refractivity contribution >= 4 is 55.6 Å². The Morgan fingerprint density at radius 3 is 2.08 bits per heavy atom. The van der Waals surface area contributed by atoms with Crippen LogP contribution in [0.1, 0.15) is 97.5 Å². The van der Waals surface area contributed by atoms with E-state index < -0.39 is 0 Å². The Morgan fingerprint density at radius 2 is 1.56 bits per heavy atom. The van der Waals surface area contributed by atoms with Gasteiger partial charge >= 0.3 is 0 Å². The van der Waals surface area contributed by atoms with Crippen LogP contribution in [-0.2, 0) is 9.59 Å². The van der Waals surface area contributed by atoms with E-state index in [-0.39, 0.29) is 5.91 Å². The molecule has 0 spiro atoms. The molecule has 1 aliphatic rings. The Morgan fingerprint density at radius 1 is 0.949 bits per heavy atom. The van der Waals surface area contributed by atoms with Crippen LogP contribution in [-0.4, -0.2) is 35.2 Å². The van der Waals surface area contributed by atoms with E-state index >= 15 is 0 Å². The number of furan rings is 2. The van der Waals surface area contributed by atoms with Gasteiger partial charge in [0.1, 0.15) is 0 Å². The maximum Gasteiger partial charge on any atom is 0.261 e. The number of amides is 2. The predicted molar refractivity (Wildman–Crippen MR) is 163 cm³/mol. The Kier molecular flexibility index (Phi) is 12.2. The molecule has 1 aliphatic heterocycles. The van der Waals surface area contributed by atoms with Gasteiger partial charge in [0.15, 0.2) is 20.9 Å². The molecule has 39 heavy (non-hydrogen) atoms. The van der Waals surface area contributed by atoms with Crippen LogP contribution in [0, 0.1) is 11.8 Å². The van der Waals surface area contributed by atoms with Gasteiger partial charge in [-0.05, 0) is 93.3 Å². The standard InChI is InChI=1S/C31H42Br2N2O4/c1-6-10-12-22(8-3)18-34(20-36)30(25-15-17-27(33)39-25)28-21(5)29(24-14-16-26(32)38-24)35(31(28)37)19-23(9-4)13-11-7-2/h14-17,20,22-23H,6-13,18-19H2,1-5H3/b30-28+. The Labute approximate surface area is 250 Å². The largest absolute Gasteiger partial charge is 0.448 e. The summed E-state index contributed by atoms with van der Waals surface area (Å²) >= 11 is 6.84. The van der Waals surface area contributed by atoms with E-state index in [9.17, 15) is 9.59 Å². The molecule has 2 aromatic heterocycles. The number of rotatable bonds is 16. The fourth-order valence-electron chi connectivity index (χ4n) is 5.34. The van der Waals surface area contributed by atoms with Gasteiger partial charge in [-0.3, -0.25) is 9.59 Å². The van der Waals surface area contributed by atoms with Crippen LogP contribution >= 0.6 is 31.9 Å². The molecule has 2 unspecified atom stereocenters. The maximum atomic E-state index is 14.4. The fraction of sp³-hybridized carbons (Fsp3) is 0.548. The lowest BCUT2D eigenvalue weighted by atomic mass is 9.97. The minimum Gasteiger partial charge on any atom is -0.448 e. The van der Waals surface area contributed by atoms with Crippen LogP contribution in [0.5, 0.6) is 0 Å². The van der Waals surface area contributed by atoms with Crippen LogP contribution < -0.4 is 0 Å². The molecule has 0 bridgehead atoms. The molecule has 0 radical (unpaired) electrons. The third-order valence-electron chi connectivity index (χ3n) is 7.71. The summed E-state index contributed by atoms with van der Waals surface area (Å²) in [5.41, 5.74) is 2.54. The summed E-state index contributed by atoms with van der Waals surface area (Å²) in [5.74, 6) is 1.67. The number of halogens is 2. The van der Waals surface area contributed by atoms with Gasteiger partial charge in [-0.2, -0.15) is 0 Å². The van der Waals surface area contributed by atoms with Gasteiger partial charge in [-0.1, -0.05) is 66.2 Å². The molecule has 0 saturated carbocycles. The number of hydrogen-bond acceptors (Lipinski definition) is 4. The molecule has 0 N–H and O–H groups in total. The zero-order valence-corrected chi connectivity index (χ0v) is 27.1. The van der Waals surface area contributed by atoms with Crippen LogP contribution in [0.25, 0.3) is 11.4 Å². The summed E-state index contributed by atoms with van der Waals surface area (Å²) in [6.07, 6.45) is 9.29. The second-order valence-electron chi connectivity index (χ2n) is 10.4. The highest BCUT2D eigenvalue weighted by Crippen LogP contribution is 2.42. The van der Waals surface area contributed by atoms with Gasteiger partial charge in [0.25, 0.3) is 5.91 Å². The number of unbranched alkanes of at least 4 members (excludes halogenated alkanes) is 2. The minimum absolute atomic E-state index is 0.124. The van der Waals surface area contributed by atoms with Crippen molar-refractivity contribution in [2.24, 2.45) is 11.8 Å². The summed E-state index contributed by atoms with van der Waals surface area (Å²) < 4.78 is 13.1. The Bertz CT molecular complexity index is 1180. The summed E-state index contributed by atoms with van der Waals surface area (Å²) in [7, 11) is 0. The molecule has 214 valence electrons. The lowest BCUT2D eigenvalue weighted by molar-refractivity contribution is -0.123. The first-order valence-electron chi connectivity index (χ1n) is 14.3. The Balaban J connectivity index is 2.20. The van der Waals surface area contributed by atoms with E-state index in [2.05, 4.69) is 59.6 Å². The molecule has 0 aliphatic carbocycles. The topological polar surface area (TPSA) is 66.9 Å². The van der Waals surface area contributed by atoms with E-state index in [4.69, 9.17) is 8.83 Å². The smallest absolute Gasteiger partial charge is 0.261 e. The normalized spacial score (nSPS) is 16.7. The quantitative estimate of drug-likeness (QED) is 0.132. The third kappa shape index (κ3) is 7.57. The SMILES string of the molecule is CCCCC(CC)CN1C(=O)/C(=C(\c2ccc(Br)o2)N(C=O)CC(CC)CCCC)C(C)=C1c1ccc(Br)o1. The number of carbonyl (C=O) groups is 2. The molecular formula is C31H42Br2N2O4. The van der Waals surface area contributed by atoms with Gasteiger partial charge < -0.3 is 18.6 Å². The van der Waals surface area contributed by atoms with Crippen LogP contribution in [0.4, 0.5) is 0 Å². The molecule has 3 rings (SSSR count). The van der Waals surface area contributed by atoms with E-state index in [1.165, 1.54) is 0 Å². The van der Waals surface area contributed by atoms with Gasteiger partial charge in [-0.25, -0.2) is 0 Å². The lowest BCUT2D eigenvalue weighted by Crippen LogP contribution is -2.33. The summed E-state index contributed by atoms with van der Waals surface area (Å²) in [6.45, 7) is 11.8. The number of hydrogen-bond donors (Lipinski definition) is 0. The van der Waals surface area contributed by atoms with E-state index in [0.29, 0.717) is 57.1 Å². The molecular weight excluding hydrogens is 624 g/mol. The van der Waals surface area contributed by atoms with Gasteiger partial charge in [0, 0.05) is 13.1 Å². The van der Waals surface area contributed by atoms with Crippen LogP contribution in [0.2, 0.25) is 0 Å². The molecule has 0 fully saturated rings. The highest BCUT2D eigenvalue weighted by molar-refractivity contribution is 9.10. The number of nitrogens with zero attached hydrogens (tertiary/aromatic N) is 2. The number of carbonyl (C=O) groups excluding carboxylic acids is 2. The second kappa shape index (κ2) is 15.1. The predicted octanol–water partition coefficient (Wildman–Crippen LogP) is 9.27. The van der Waals surface area contributed by atoms with E-state index in [1.807, 2.05) is 30.0 Å². The van der Waals surface area contributed by atoms with Crippen LogP contribution in [0.3, 0.4) is 0 Å². The van der Waals surface area contributed by atoms with Crippen molar-refractivity contribution in [3.63, 3.8) is 0 Å². The summed E-state index contributed by atoms with van der Waals surface area (Å²) in [4.78, 5) is 30.6. The lowest BCUT2D eigenvalue weighted by Gasteiger charge is -2.27. The van der Waals surface area contributed by atoms with E-state index in [0.717, 1.165) is 69.0 Å². The monoisotopic (exact) mass is 664 g/mol. The van der Waals surface area contributed by atoms with Crippen molar-refractivity contribution in [3.05, 3.63) is 56.3 Å². The molecule has 2 atom stereocenters. The average molecular weight is 666 g/mol. The van der Waals surface area contributed by atoms with Gasteiger partial charge in [0.05, 0.1) is 17.0 Å². The highest BCUT2D eigenvalue weighted by atomic mass is 79.9. The van der Waals surface area contributed by atoms with Crippen molar-refractivity contribution < 1.29 is 18.4 Å². The van der Waals surface area contributed by atoms with Crippen molar-refractivity contribution in [3.8, 4) is 0 Å². The van der Waals surface area contributed by atoms with Crippen molar-refractivity contribution in [2.45, 2.75) is 86.0 Å². The molecule has 2 aromatic rings. The fourth-order valence-corrected chi connectivity index (χ4v) is 5.95. The molecule has 3 heterocycles. The third-order valence-corrected chi connectivity index (χ3v) is 8.56. The first-order valence-corrected chi connectivity index (χ1v) is 15.9. The van der Waals surface area contributed by atoms with Crippen molar-refractivity contribution in [1.29, 1.82) is 0 Å².